The first-order valence-electron chi connectivity index (χ1n) is 10.2. The number of aliphatic hydroxyl groups excluding tert-OH is 1. The Morgan fingerprint density at radius 1 is 1.15 bits per heavy atom. The lowest BCUT2D eigenvalue weighted by atomic mass is 9.94. The summed E-state index contributed by atoms with van der Waals surface area (Å²) >= 11 is 6.11. The second kappa shape index (κ2) is 10.5. The van der Waals surface area contributed by atoms with Crippen LogP contribution in [0.15, 0.2) is 48.0 Å². The number of carbonyl (C=O) groups excluding carboxylic acids is 3. The summed E-state index contributed by atoms with van der Waals surface area (Å²) in [7, 11) is 2.96. The number of amides is 1. The summed E-state index contributed by atoms with van der Waals surface area (Å²) in [5, 5.41) is 11.5. The lowest BCUT2D eigenvalue weighted by molar-refractivity contribution is -0.140. The zero-order valence-corrected chi connectivity index (χ0v) is 19.2. The Bertz CT molecular complexity index is 1110. The summed E-state index contributed by atoms with van der Waals surface area (Å²) in [4.78, 5) is 38.8. The summed E-state index contributed by atoms with van der Waals surface area (Å²) in [6.07, 6.45) is 0.476. The van der Waals surface area contributed by atoms with Gasteiger partial charge in [0.1, 0.15) is 17.3 Å². The van der Waals surface area contributed by atoms with Crippen molar-refractivity contribution in [1.29, 1.82) is 0 Å². The van der Waals surface area contributed by atoms with Crippen molar-refractivity contribution in [3.05, 3.63) is 64.2 Å². The van der Waals surface area contributed by atoms with E-state index in [1.54, 1.807) is 43.5 Å². The van der Waals surface area contributed by atoms with Gasteiger partial charge in [-0.3, -0.25) is 14.4 Å². The van der Waals surface area contributed by atoms with Gasteiger partial charge in [0.25, 0.3) is 11.7 Å². The molecule has 1 atom stereocenters. The van der Waals surface area contributed by atoms with E-state index in [9.17, 15) is 19.5 Å². The highest BCUT2D eigenvalue weighted by molar-refractivity contribution is 6.46. The first-order chi connectivity index (χ1) is 15.8. The van der Waals surface area contributed by atoms with Crippen molar-refractivity contribution in [2.24, 2.45) is 0 Å². The summed E-state index contributed by atoms with van der Waals surface area (Å²) in [5.41, 5.74) is 0.562. The summed E-state index contributed by atoms with van der Waals surface area (Å²) in [6, 6.07) is 10.2. The van der Waals surface area contributed by atoms with Crippen LogP contribution in [0.4, 0.5) is 0 Å². The van der Waals surface area contributed by atoms with Gasteiger partial charge in [0.2, 0.25) is 0 Å². The predicted molar refractivity (Wildman–Crippen MR) is 121 cm³/mol. The number of ketones is 1. The van der Waals surface area contributed by atoms with Crippen LogP contribution >= 0.6 is 11.6 Å². The molecule has 1 fully saturated rings. The third kappa shape index (κ3) is 5.18. The van der Waals surface area contributed by atoms with Gasteiger partial charge >= 0.3 is 5.97 Å². The minimum absolute atomic E-state index is 0.113. The number of nitrogens with zero attached hydrogens (tertiary/aromatic N) is 1. The standard InChI is InChI=1S/C24H24ClNO7/c1-14(27)33-17-7-4-6-15(12-17)21-20(23(29)24(30)26(21)10-5-11-31-2)22(28)18-13-16(25)8-9-19(18)32-3/h4,6-9,12-13,21,28H,5,10-11H2,1-3H3/b22-20+. The van der Waals surface area contributed by atoms with E-state index in [4.69, 9.17) is 25.8 Å². The average molecular weight is 474 g/mol. The topological polar surface area (TPSA) is 102 Å². The van der Waals surface area contributed by atoms with Crippen molar-refractivity contribution < 1.29 is 33.7 Å². The fourth-order valence-electron chi connectivity index (χ4n) is 3.76. The Morgan fingerprint density at radius 3 is 2.58 bits per heavy atom. The van der Waals surface area contributed by atoms with Crippen LogP contribution < -0.4 is 9.47 Å². The van der Waals surface area contributed by atoms with Crippen LogP contribution in [0.5, 0.6) is 11.5 Å². The van der Waals surface area contributed by atoms with Crippen LogP contribution in [-0.2, 0) is 19.1 Å². The second-order valence-electron chi connectivity index (χ2n) is 7.35. The number of esters is 1. The number of benzene rings is 2. The van der Waals surface area contributed by atoms with E-state index in [0.717, 1.165) is 0 Å². The molecule has 33 heavy (non-hydrogen) atoms. The number of hydrogen-bond donors (Lipinski definition) is 1. The highest BCUT2D eigenvalue weighted by Crippen LogP contribution is 2.42. The Kier molecular flexibility index (Phi) is 7.73. The molecule has 2 aromatic rings. The molecule has 0 aromatic heterocycles. The number of aliphatic hydroxyl groups is 1. The second-order valence-corrected chi connectivity index (χ2v) is 7.79. The molecular formula is C24H24ClNO7. The van der Waals surface area contributed by atoms with Gasteiger partial charge in [-0.1, -0.05) is 23.7 Å². The first-order valence-corrected chi connectivity index (χ1v) is 10.6. The highest BCUT2D eigenvalue weighted by Gasteiger charge is 2.46. The van der Waals surface area contributed by atoms with E-state index in [-0.39, 0.29) is 29.2 Å². The van der Waals surface area contributed by atoms with E-state index in [2.05, 4.69) is 0 Å². The maximum absolute atomic E-state index is 13.1. The Hall–Kier alpha value is -3.36. The predicted octanol–water partition coefficient (Wildman–Crippen LogP) is 3.73. The molecule has 0 aliphatic carbocycles. The number of halogens is 1. The van der Waals surface area contributed by atoms with Gasteiger partial charge in [0.05, 0.1) is 24.3 Å². The first kappa shape index (κ1) is 24.3. The number of Topliss-reactive ketones (excluding diaryl/α,β-unsaturated/α-hetero) is 1. The van der Waals surface area contributed by atoms with Crippen LogP contribution in [0.25, 0.3) is 5.76 Å². The monoisotopic (exact) mass is 473 g/mol. The van der Waals surface area contributed by atoms with Crippen LogP contribution in [-0.4, -0.2) is 55.0 Å². The quantitative estimate of drug-likeness (QED) is 0.156. The van der Waals surface area contributed by atoms with Crippen LogP contribution in [0.1, 0.15) is 30.5 Å². The molecule has 9 heteroatoms. The summed E-state index contributed by atoms with van der Waals surface area (Å²) in [6.45, 7) is 1.87. The molecule has 0 bridgehead atoms. The minimum atomic E-state index is -0.916. The molecule has 0 saturated carbocycles. The molecule has 8 nitrogen and oxygen atoms in total. The normalized spacial score (nSPS) is 17.3. The van der Waals surface area contributed by atoms with Gasteiger partial charge in [-0.2, -0.15) is 0 Å². The largest absolute Gasteiger partial charge is 0.507 e. The summed E-state index contributed by atoms with van der Waals surface area (Å²) < 4.78 is 15.6. The maximum Gasteiger partial charge on any atom is 0.308 e. The third-order valence-electron chi connectivity index (χ3n) is 5.14. The number of ether oxygens (including phenoxy) is 3. The van der Waals surface area contributed by atoms with Gasteiger partial charge in [-0.15, -0.1) is 0 Å². The smallest absolute Gasteiger partial charge is 0.308 e. The number of hydrogen-bond acceptors (Lipinski definition) is 7. The molecule has 2 aromatic carbocycles. The van der Waals surface area contributed by atoms with E-state index in [1.807, 2.05) is 0 Å². The number of methoxy groups -OCH3 is 2. The molecule has 3 rings (SSSR count). The van der Waals surface area contributed by atoms with Crippen molar-refractivity contribution in [2.75, 3.05) is 27.4 Å². The SMILES string of the molecule is COCCCN1C(=O)C(=O)/C(=C(/O)c2cc(Cl)ccc2OC)C1c1cccc(OC(C)=O)c1. The van der Waals surface area contributed by atoms with Gasteiger partial charge in [0, 0.05) is 32.2 Å². The van der Waals surface area contributed by atoms with E-state index < -0.39 is 29.5 Å². The molecule has 1 unspecified atom stereocenters. The molecule has 174 valence electrons. The maximum atomic E-state index is 13.1. The zero-order chi connectivity index (χ0) is 24.1. The van der Waals surface area contributed by atoms with Crippen molar-refractivity contribution in [3.8, 4) is 11.5 Å². The van der Waals surface area contributed by atoms with E-state index in [0.29, 0.717) is 23.6 Å². The molecule has 1 N–H and O–H groups in total. The van der Waals surface area contributed by atoms with E-state index in [1.165, 1.54) is 25.0 Å². The molecule has 1 saturated heterocycles. The molecule has 1 heterocycles. The van der Waals surface area contributed by atoms with Crippen molar-refractivity contribution in [1.82, 2.24) is 4.90 Å². The van der Waals surface area contributed by atoms with Crippen LogP contribution in [0.2, 0.25) is 5.02 Å². The fourth-order valence-corrected chi connectivity index (χ4v) is 3.93. The summed E-state index contributed by atoms with van der Waals surface area (Å²) in [5.74, 6) is -1.97. The van der Waals surface area contributed by atoms with Crippen LogP contribution in [0.3, 0.4) is 0 Å². The van der Waals surface area contributed by atoms with Crippen molar-refractivity contribution in [3.63, 3.8) is 0 Å². The molecule has 1 aliphatic rings. The molecule has 1 aliphatic heterocycles. The van der Waals surface area contributed by atoms with Crippen molar-refractivity contribution >= 4 is 35.0 Å². The molecular weight excluding hydrogens is 450 g/mol. The number of carbonyl (C=O) groups is 3. The van der Waals surface area contributed by atoms with Crippen molar-refractivity contribution in [2.45, 2.75) is 19.4 Å². The van der Waals surface area contributed by atoms with E-state index >= 15 is 0 Å². The Morgan fingerprint density at radius 2 is 1.91 bits per heavy atom. The average Bonchev–Trinajstić information content (AvgIpc) is 3.03. The van der Waals surface area contributed by atoms with Gasteiger partial charge in [-0.25, -0.2) is 0 Å². The van der Waals surface area contributed by atoms with Gasteiger partial charge in [0.15, 0.2) is 0 Å². The lowest BCUT2D eigenvalue weighted by Gasteiger charge is -2.25. The lowest BCUT2D eigenvalue weighted by Crippen LogP contribution is -2.31. The van der Waals surface area contributed by atoms with Gasteiger partial charge < -0.3 is 24.2 Å². The fraction of sp³-hybridized carbons (Fsp3) is 0.292. The number of likely N-dealkylation sites (tertiary alicyclic amines) is 1. The Balaban J connectivity index is 2.19. The van der Waals surface area contributed by atoms with Gasteiger partial charge in [-0.05, 0) is 42.3 Å². The Labute approximate surface area is 196 Å². The molecule has 0 radical (unpaired) electrons. The zero-order valence-electron chi connectivity index (χ0n) is 18.5. The third-order valence-corrected chi connectivity index (χ3v) is 5.37. The molecule has 0 spiro atoms. The number of rotatable bonds is 8. The molecule has 1 amide bonds. The minimum Gasteiger partial charge on any atom is -0.507 e. The highest BCUT2D eigenvalue weighted by atomic mass is 35.5. The van der Waals surface area contributed by atoms with Crippen LogP contribution in [0, 0.1) is 0 Å².